The molecule has 2 aromatic rings. The predicted octanol–water partition coefficient (Wildman–Crippen LogP) is 1.44. The smallest absolute Gasteiger partial charge is 0.241 e. The molecule has 10 nitrogen and oxygen atoms in total. The van der Waals surface area contributed by atoms with Gasteiger partial charge in [-0.2, -0.15) is 4.72 Å². The summed E-state index contributed by atoms with van der Waals surface area (Å²) in [5.74, 6) is -0.744. The summed E-state index contributed by atoms with van der Waals surface area (Å²) >= 11 is 6.03. The number of aromatic nitrogens is 1. The Balaban J connectivity index is 1.92. The number of nitrogens with two attached hydrogens (primary N) is 1. The van der Waals surface area contributed by atoms with Crippen LogP contribution in [0.15, 0.2) is 35.5 Å². The first-order chi connectivity index (χ1) is 14.7. The third kappa shape index (κ3) is 4.90. The number of nitrogens with zero attached hydrogens (tertiary/aromatic N) is 2. The van der Waals surface area contributed by atoms with Gasteiger partial charge in [0.2, 0.25) is 21.9 Å². The van der Waals surface area contributed by atoms with Crippen LogP contribution in [-0.2, 0) is 19.6 Å². The Morgan fingerprint density at radius 1 is 1.35 bits per heavy atom. The second-order valence-electron chi connectivity index (χ2n) is 7.35. The van der Waals surface area contributed by atoms with Gasteiger partial charge in [-0.15, -0.1) is 0 Å². The number of sulfonamides is 1. The number of fused-ring (bicyclic) bond motifs is 1. The molecule has 0 bridgehead atoms. The normalized spacial score (nSPS) is 15.7. The van der Waals surface area contributed by atoms with Crippen molar-refractivity contribution in [1.29, 1.82) is 5.41 Å². The van der Waals surface area contributed by atoms with Crippen molar-refractivity contribution in [2.24, 2.45) is 5.73 Å². The molecule has 0 radical (unpaired) electrons. The topological polar surface area (TPSA) is 150 Å². The fraction of sp³-hybridized carbons (Fsp3) is 0.421. The zero-order valence-electron chi connectivity index (χ0n) is 17.0. The van der Waals surface area contributed by atoms with Gasteiger partial charge >= 0.3 is 0 Å². The Kier molecular flexibility index (Phi) is 6.99. The Labute approximate surface area is 185 Å². The molecule has 1 fully saturated rings. The third-order valence-corrected chi connectivity index (χ3v) is 7.15. The van der Waals surface area contributed by atoms with Crippen LogP contribution in [0.1, 0.15) is 25.7 Å². The Hall–Kier alpha value is -2.47. The van der Waals surface area contributed by atoms with Crippen LogP contribution in [-0.4, -0.2) is 51.1 Å². The van der Waals surface area contributed by atoms with Crippen LogP contribution in [0.5, 0.6) is 0 Å². The summed E-state index contributed by atoms with van der Waals surface area (Å²) in [5.41, 5.74) is 4.60. The molecule has 1 saturated carbocycles. The Morgan fingerprint density at radius 2 is 2.06 bits per heavy atom. The van der Waals surface area contributed by atoms with E-state index in [-0.39, 0.29) is 10.8 Å². The molecular formula is C19H25ClN6O4S. The Morgan fingerprint density at radius 3 is 2.71 bits per heavy atom. The van der Waals surface area contributed by atoms with Gasteiger partial charge in [0.05, 0.1) is 23.4 Å². The summed E-state index contributed by atoms with van der Waals surface area (Å²) < 4.78 is 34.9. The van der Waals surface area contributed by atoms with E-state index in [4.69, 9.17) is 27.7 Å². The van der Waals surface area contributed by atoms with E-state index in [9.17, 15) is 13.2 Å². The number of anilines is 1. The molecule has 0 spiro atoms. The fourth-order valence-electron chi connectivity index (χ4n) is 3.70. The van der Waals surface area contributed by atoms with E-state index in [1.54, 1.807) is 6.07 Å². The number of halogens is 1. The minimum absolute atomic E-state index is 0.00105. The number of carbonyl (C=O) groups is 1. The van der Waals surface area contributed by atoms with Gasteiger partial charge in [-0.05, 0) is 25.0 Å². The average Bonchev–Trinajstić information content (AvgIpc) is 3.21. The first-order valence-electron chi connectivity index (χ1n) is 9.69. The highest BCUT2D eigenvalue weighted by atomic mass is 35.5. The van der Waals surface area contributed by atoms with Crippen LogP contribution >= 0.6 is 11.8 Å². The summed E-state index contributed by atoms with van der Waals surface area (Å²) in [4.78, 5) is 16.8. The van der Waals surface area contributed by atoms with Gasteiger partial charge in [-0.3, -0.25) is 15.2 Å². The second-order valence-corrected chi connectivity index (χ2v) is 9.37. The number of hydrogen-bond donors (Lipinski definition) is 4. The maximum Gasteiger partial charge on any atom is 0.241 e. The van der Waals surface area contributed by atoms with Gasteiger partial charge < -0.3 is 15.8 Å². The number of ether oxygens (including phenoxy) is 1. The molecule has 0 unspecified atom stereocenters. The van der Waals surface area contributed by atoms with Crippen molar-refractivity contribution >= 4 is 50.1 Å². The highest BCUT2D eigenvalue weighted by Crippen LogP contribution is 2.33. The average molecular weight is 469 g/mol. The van der Waals surface area contributed by atoms with E-state index in [0.29, 0.717) is 42.5 Å². The highest BCUT2D eigenvalue weighted by molar-refractivity contribution is 7.89. The number of amides is 1. The first-order valence-corrected chi connectivity index (χ1v) is 11.5. The molecule has 1 heterocycles. The van der Waals surface area contributed by atoms with Crippen LogP contribution in [0.4, 0.5) is 5.69 Å². The molecule has 12 heteroatoms. The molecule has 1 aliphatic rings. The maximum atomic E-state index is 13.2. The van der Waals surface area contributed by atoms with Gasteiger partial charge in [-0.25, -0.2) is 12.8 Å². The number of rotatable bonds is 8. The fourth-order valence-corrected chi connectivity index (χ4v) is 5.29. The van der Waals surface area contributed by atoms with E-state index >= 15 is 0 Å². The molecule has 0 atom stereocenters. The van der Waals surface area contributed by atoms with Crippen molar-refractivity contribution in [2.75, 3.05) is 24.7 Å². The van der Waals surface area contributed by atoms with E-state index in [1.165, 1.54) is 31.6 Å². The summed E-state index contributed by atoms with van der Waals surface area (Å²) in [6.07, 6.45) is 5.27. The zero-order chi connectivity index (χ0) is 22.6. The molecule has 1 aliphatic carbocycles. The zero-order valence-corrected chi connectivity index (χ0v) is 18.6. The Bertz CT molecular complexity index is 1090. The van der Waals surface area contributed by atoms with E-state index in [0.717, 1.165) is 17.3 Å². The van der Waals surface area contributed by atoms with Crippen molar-refractivity contribution < 1.29 is 17.9 Å². The molecule has 0 aliphatic heterocycles. The summed E-state index contributed by atoms with van der Waals surface area (Å²) in [6.45, 7) is 0.640. The van der Waals surface area contributed by atoms with Gasteiger partial charge in [-0.1, -0.05) is 18.9 Å². The van der Waals surface area contributed by atoms with Crippen molar-refractivity contribution in [3.63, 3.8) is 0 Å². The number of benzene rings is 1. The predicted molar refractivity (Wildman–Crippen MR) is 118 cm³/mol. The number of pyridine rings is 1. The molecule has 1 aromatic carbocycles. The van der Waals surface area contributed by atoms with Gasteiger partial charge in [0, 0.05) is 42.4 Å². The van der Waals surface area contributed by atoms with Crippen molar-refractivity contribution in [1.82, 2.24) is 15.0 Å². The summed E-state index contributed by atoms with van der Waals surface area (Å²) in [6, 6.07) is 4.44. The summed E-state index contributed by atoms with van der Waals surface area (Å²) in [5, 5.41) is 11.3. The minimum Gasteiger partial charge on any atom is -0.383 e. The van der Waals surface area contributed by atoms with Crippen LogP contribution in [0.2, 0.25) is 0 Å². The van der Waals surface area contributed by atoms with E-state index < -0.39 is 21.5 Å². The molecular weight excluding hydrogens is 444 g/mol. The van der Waals surface area contributed by atoms with Crippen LogP contribution in [0.3, 0.4) is 0 Å². The number of guanidine groups is 1. The van der Waals surface area contributed by atoms with Crippen molar-refractivity contribution in [3.8, 4) is 0 Å². The molecule has 3 rings (SSSR count). The van der Waals surface area contributed by atoms with E-state index in [2.05, 4.69) is 15.0 Å². The summed E-state index contributed by atoms with van der Waals surface area (Å²) in [7, 11) is -2.47. The highest BCUT2D eigenvalue weighted by Gasteiger charge is 2.44. The third-order valence-electron chi connectivity index (χ3n) is 5.26. The molecule has 0 saturated heterocycles. The van der Waals surface area contributed by atoms with E-state index in [1.807, 2.05) is 0 Å². The first kappa shape index (κ1) is 23.2. The lowest BCUT2D eigenvalue weighted by molar-refractivity contribution is -0.127. The molecule has 5 N–H and O–H groups in total. The molecule has 1 amide bonds. The number of methoxy groups -OCH3 is 1. The number of hydrogen-bond acceptors (Lipinski definition) is 6. The lowest BCUT2D eigenvalue weighted by atomic mass is 9.98. The van der Waals surface area contributed by atoms with Crippen LogP contribution in [0, 0.1) is 5.41 Å². The van der Waals surface area contributed by atoms with Crippen molar-refractivity contribution in [3.05, 3.63) is 30.6 Å². The molecule has 168 valence electrons. The van der Waals surface area contributed by atoms with Gasteiger partial charge in [0.1, 0.15) is 5.54 Å². The lowest BCUT2D eigenvalue weighted by Gasteiger charge is -2.28. The minimum atomic E-state index is -4.00. The lowest BCUT2D eigenvalue weighted by Crippen LogP contribution is -2.57. The number of nitrogens with one attached hydrogen (secondary N) is 3. The maximum absolute atomic E-state index is 13.2. The monoisotopic (exact) mass is 468 g/mol. The van der Waals surface area contributed by atoms with Crippen LogP contribution in [0.25, 0.3) is 10.8 Å². The number of carbonyl (C=O) groups excluding carboxylic acids is 1. The molecule has 31 heavy (non-hydrogen) atoms. The standard InChI is InChI=1S/C19H25ClN6O4S/c1-30-9-8-24-17(27)19(6-2-3-7-19)25-31(28,29)14-4-5-15-13(10-14)11-23-12-16(15)26(20)18(21)22/h4-5,10-12,25H,2-3,6-9H2,1H3,(H3,21,22)(H,24,27). The second kappa shape index (κ2) is 9.35. The SMILES string of the molecule is COCCNC(=O)C1(NS(=O)(=O)c2ccc3c(N(Cl)C(=N)N)cncc3c2)CCCC1. The quantitative estimate of drug-likeness (QED) is 0.198. The van der Waals surface area contributed by atoms with Gasteiger partial charge in [0.15, 0.2) is 0 Å². The van der Waals surface area contributed by atoms with Crippen LogP contribution < -0.4 is 20.2 Å². The van der Waals surface area contributed by atoms with Gasteiger partial charge in [0.25, 0.3) is 0 Å². The van der Waals surface area contributed by atoms with Crippen molar-refractivity contribution in [2.45, 2.75) is 36.1 Å². The largest absolute Gasteiger partial charge is 0.383 e. The molecule has 1 aromatic heterocycles.